The first-order valence-corrected chi connectivity index (χ1v) is 14.8. The van der Waals surface area contributed by atoms with Gasteiger partial charge in [-0.05, 0) is 74.8 Å². The maximum atomic E-state index is 13.9. The molecule has 0 bridgehead atoms. The summed E-state index contributed by atoms with van der Waals surface area (Å²) in [6.07, 6.45) is 9.93. The summed E-state index contributed by atoms with van der Waals surface area (Å²) in [6.45, 7) is 9.49. The fraction of sp³-hybridized carbons (Fsp3) is 0.424. The summed E-state index contributed by atoms with van der Waals surface area (Å²) in [6, 6.07) is 15.1. The van der Waals surface area contributed by atoms with Crippen LogP contribution in [0.3, 0.4) is 0 Å². The zero-order valence-electron chi connectivity index (χ0n) is 24.5. The molecule has 5 heterocycles. The number of pyridine rings is 3. The van der Waals surface area contributed by atoms with E-state index < -0.39 is 0 Å². The molecule has 0 N–H and O–H groups in total. The number of rotatable bonds is 7. The minimum atomic E-state index is 0.138. The van der Waals surface area contributed by atoms with E-state index in [-0.39, 0.29) is 5.43 Å². The number of nitrogens with zero attached hydrogens (tertiary/aromatic N) is 7. The largest absolute Gasteiger partial charge is 0.369 e. The van der Waals surface area contributed by atoms with Gasteiger partial charge in [0.15, 0.2) is 5.43 Å². The minimum Gasteiger partial charge on any atom is -0.369 e. The third kappa shape index (κ3) is 6.14. The summed E-state index contributed by atoms with van der Waals surface area (Å²) in [5.74, 6) is 0. The molecule has 4 aromatic rings. The van der Waals surface area contributed by atoms with Crippen molar-refractivity contribution in [3.05, 3.63) is 94.3 Å². The molecule has 214 valence electrons. The highest BCUT2D eigenvalue weighted by molar-refractivity contribution is 5.83. The van der Waals surface area contributed by atoms with Crippen LogP contribution >= 0.6 is 0 Å². The first kappa shape index (κ1) is 27.4. The van der Waals surface area contributed by atoms with Crippen LogP contribution < -0.4 is 15.2 Å². The predicted octanol–water partition coefficient (Wildman–Crippen LogP) is 4.06. The van der Waals surface area contributed by atoms with Crippen LogP contribution in [-0.4, -0.2) is 76.7 Å². The van der Waals surface area contributed by atoms with Gasteiger partial charge in [-0.1, -0.05) is 0 Å². The lowest BCUT2D eigenvalue weighted by Crippen LogP contribution is -2.48. The molecule has 0 radical (unpaired) electrons. The maximum Gasteiger partial charge on any atom is 0.193 e. The topological polar surface area (TPSA) is 60.7 Å². The first-order valence-electron chi connectivity index (χ1n) is 14.8. The number of piperazine rings is 1. The zero-order valence-corrected chi connectivity index (χ0v) is 24.5. The second kappa shape index (κ2) is 12.0. The van der Waals surface area contributed by atoms with E-state index >= 15 is 0 Å². The van der Waals surface area contributed by atoms with Crippen LogP contribution in [0.4, 0.5) is 11.4 Å². The van der Waals surface area contributed by atoms with Crippen LogP contribution in [0.2, 0.25) is 0 Å². The van der Waals surface area contributed by atoms with Crippen molar-refractivity contribution in [2.24, 2.45) is 7.05 Å². The lowest BCUT2D eigenvalue weighted by molar-refractivity contribution is 0.158. The molecule has 2 fully saturated rings. The highest BCUT2D eigenvalue weighted by Crippen LogP contribution is 2.26. The number of fused-ring (bicyclic) bond motifs is 1. The molecule has 6 rings (SSSR count). The Hall–Kier alpha value is -3.75. The average Bonchev–Trinajstić information content (AvgIpc) is 3.00. The van der Waals surface area contributed by atoms with Gasteiger partial charge in [0.2, 0.25) is 0 Å². The Bertz CT molecular complexity index is 1540. The van der Waals surface area contributed by atoms with Gasteiger partial charge in [-0.25, -0.2) is 0 Å². The van der Waals surface area contributed by atoms with Crippen molar-refractivity contribution < 1.29 is 0 Å². The molecule has 8 heteroatoms. The summed E-state index contributed by atoms with van der Waals surface area (Å²) >= 11 is 0. The van der Waals surface area contributed by atoms with E-state index in [1.807, 2.05) is 37.6 Å². The molecule has 2 saturated heterocycles. The molecular formula is C33H41N7O. The Morgan fingerprint density at radius 1 is 0.927 bits per heavy atom. The van der Waals surface area contributed by atoms with Crippen molar-refractivity contribution in [3.63, 3.8) is 0 Å². The Kier molecular flexibility index (Phi) is 8.03. The third-order valence-electron chi connectivity index (χ3n) is 8.76. The number of aryl methyl sites for hydroxylation is 2. The molecule has 2 aliphatic rings. The van der Waals surface area contributed by atoms with Crippen molar-refractivity contribution in [1.29, 1.82) is 0 Å². The minimum absolute atomic E-state index is 0.138. The van der Waals surface area contributed by atoms with Gasteiger partial charge < -0.3 is 19.3 Å². The van der Waals surface area contributed by atoms with Gasteiger partial charge in [0.25, 0.3) is 0 Å². The van der Waals surface area contributed by atoms with E-state index in [0.717, 1.165) is 86.5 Å². The van der Waals surface area contributed by atoms with Crippen molar-refractivity contribution in [2.45, 2.75) is 38.9 Å². The summed E-state index contributed by atoms with van der Waals surface area (Å²) in [7, 11) is 4.24. The molecule has 1 atom stereocenters. The number of likely N-dealkylation sites (N-methyl/N-ethyl adjacent to an activating group) is 1. The van der Waals surface area contributed by atoms with Gasteiger partial charge in [0.1, 0.15) is 0 Å². The second-order valence-corrected chi connectivity index (χ2v) is 11.7. The van der Waals surface area contributed by atoms with Crippen LogP contribution in [-0.2, 0) is 20.1 Å². The number of hydrogen-bond acceptors (Lipinski definition) is 7. The number of piperidine rings is 1. The molecule has 1 aromatic carbocycles. The van der Waals surface area contributed by atoms with Crippen LogP contribution in [0, 0.1) is 6.92 Å². The molecule has 0 amide bonds. The Morgan fingerprint density at radius 3 is 2.56 bits per heavy atom. The number of benzene rings is 1. The Balaban J connectivity index is 1.30. The molecule has 3 aromatic heterocycles. The van der Waals surface area contributed by atoms with Crippen molar-refractivity contribution in [3.8, 4) is 0 Å². The number of anilines is 2. The van der Waals surface area contributed by atoms with Gasteiger partial charge in [-0.2, -0.15) is 0 Å². The Morgan fingerprint density at radius 2 is 1.78 bits per heavy atom. The van der Waals surface area contributed by atoms with Gasteiger partial charge in [-0.3, -0.25) is 19.7 Å². The Labute approximate surface area is 242 Å². The van der Waals surface area contributed by atoms with Crippen molar-refractivity contribution in [1.82, 2.24) is 24.3 Å². The third-order valence-corrected chi connectivity index (χ3v) is 8.76. The van der Waals surface area contributed by atoms with Crippen LogP contribution in [0.15, 0.2) is 72.0 Å². The van der Waals surface area contributed by atoms with Gasteiger partial charge in [0.05, 0.1) is 17.4 Å². The summed E-state index contributed by atoms with van der Waals surface area (Å²) in [5.41, 5.74) is 6.57. The summed E-state index contributed by atoms with van der Waals surface area (Å²) in [4.78, 5) is 32.4. The zero-order chi connectivity index (χ0) is 28.3. The summed E-state index contributed by atoms with van der Waals surface area (Å²) in [5, 5.41) is 0.795. The van der Waals surface area contributed by atoms with Gasteiger partial charge in [-0.15, -0.1) is 0 Å². The highest BCUT2D eigenvalue weighted by atomic mass is 16.1. The molecule has 0 aliphatic carbocycles. The lowest BCUT2D eigenvalue weighted by Gasteiger charge is -2.40. The van der Waals surface area contributed by atoms with Crippen molar-refractivity contribution in [2.75, 3.05) is 56.1 Å². The smallest absolute Gasteiger partial charge is 0.193 e. The molecule has 8 nitrogen and oxygen atoms in total. The summed E-state index contributed by atoms with van der Waals surface area (Å²) < 4.78 is 2.14. The van der Waals surface area contributed by atoms with Crippen LogP contribution in [0.5, 0.6) is 0 Å². The molecule has 0 saturated carbocycles. The van der Waals surface area contributed by atoms with E-state index in [1.165, 1.54) is 11.3 Å². The fourth-order valence-electron chi connectivity index (χ4n) is 6.41. The molecule has 0 unspecified atom stereocenters. The predicted molar refractivity (Wildman–Crippen MR) is 167 cm³/mol. The van der Waals surface area contributed by atoms with E-state index in [0.29, 0.717) is 12.6 Å². The normalized spacial score (nSPS) is 18.4. The molecule has 41 heavy (non-hydrogen) atoms. The highest BCUT2D eigenvalue weighted by Gasteiger charge is 2.27. The van der Waals surface area contributed by atoms with Crippen molar-refractivity contribution >= 4 is 22.3 Å². The average molecular weight is 552 g/mol. The van der Waals surface area contributed by atoms with Crippen LogP contribution in [0.25, 0.3) is 10.9 Å². The number of aromatic nitrogens is 3. The first-order chi connectivity index (χ1) is 19.9. The van der Waals surface area contributed by atoms with E-state index in [1.54, 1.807) is 0 Å². The van der Waals surface area contributed by atoms with E-state index in [4.69, 9.17) is 0 Å². The number of hydrogen-bond donors (Lipinski definition) is 0. The quantitative estimate of drug-likeness (QED) is 0.343. The lowest BCUT2D eigenvalue weighted by atomic mass is 10.0. The molecule has 2 aliphatic heterocycles. The second-order valence-electron chi connectivity index (χ2n) is 11.7. The maximum absolute atomic E-state index is 13.9. The van der Waals surface area contributed by atoms with Crippen LogP contribution in [0.1, 0.15) is 29.7 Å². The van der Waals surface area contributed by atoms with E-state index in [9.17, 15) is 4.79 Å². The molecule has 0 spiro atoms. The SMILES string of the molecule is Cc1cc(CN(Cc2cn(C)c3cc(N4CCN(C)CC4)ccc3c2=O)[C@H]2CCCN(c3cccnc3)C2)ccn1. The van der Waals surface area contributed by atoms with E-state index in [2.05, 4.69) is 84.8 Å². The van der Waals surface area contributed by atoms with Gasteiger partial charge >= 0.3 is 0 Å². The fourth-order valence-corrected chi connectivity index (χ4v) is 6.41. The molecular weight excluding hydrogens is 510 g/mol. The standard InChI is InChI=1S/C33H41N7O/c1-25-18-26(10-12-35-25)21-40(30-7-5-13-39(24-30)29-6-4-11-34-20-29)23-27-22-37(3)32-19-28(8-9-31(32)33(27)41)38-16-14-36(2)15-17-38/h4,6,8-12,18-20,22,30H,5,7,13-17,21,23-24H2,1-3H3/t30-/m0/s1. The van der Waals surface area contributed by atoms with Gasteiger partial charge in [0, 0.05) is 106 Å². The monoisotopic (exact) mass is 551 g/mol.